The van der Waals surface area contributed by atoms with Crippen LogP contribution in [-0.2, 0) is 28.4 Å². The Hall–Kier alpha value is -1.67. The summed E-state index contributed by atoms with van der Waals surface area (Å²) in [5, 5.41) is 37.1. The summed E-state index contributed by atoms with van der Waals surface area (Å²) in [5.41, 5.74) is -4.01. The Morgan fingerprint density at radius 1 is 1.00 bits per heavy atom. The molecule has 11 nitrogen and oxygen atoms in total. The minimum Gasteiger partial charge on any atom is -0.455 e. The van der Waals surface area contributed by atoms with Gasteiger partial charge in [-0.15, -0.1) is 0 Å². The number of hydrogen-bond donors (Lipinski definition) is 3. The van der Waals surface area contributed by atoms with Crippen molar-refractivity contribution in [2.24, 2.45) is 34.5 Å². The van der Waals surface area contributed by atoms with Crippen molar-refractivity contribution in [3.8, 4) is 0 Å². The van der Waals surface area contributed by atoms with Gasteiger partial charge in [-0.2, -0.15) is 0 Å². The highest BCUT2D eigenvalue weighted by Gasteiger charge is 2.91. The fourth-order valence-electron chi connectivity index (χ4n) is 12.3. The van der Waals surface area contributed by atoms with Crippen molar-refractivity contribution in [2.75, 3.05) is 55.2 Å². The van der Waals surface area contributed by atoms with E-state index in [4.69, 9.17) is 28.4 Å². The zero-order valence-corrected chi connectivity index (χ0v) is 26.4. The van der Waals surface area contributed by atoms with E-state index in [1.165, 1.54) is 7.11 Å². The lowest BCUT2D eigenvalue weighted by Crippen LogP contribution is -2.81. The predicted molar refractivity (Wildman–Crippen MR) is 156 cm³/mol. The molecule has 0 aromatic heterocycles. The second-order valence-corrected chi connectivity index (χ2v) is 14.0. The number of nitrogens with zero attached hydrogens (tertiary/aromatic N) is 1. The maximum absolute atomic E-state index is 13.7. The van der Waals surface area contributed by atoms with Gasteiger partial charge in [-0.25, -0.2) is 4.79 Å². The van der Waals surface area contributed by atoms with E-state index in [0.29, 0.717) is 31.7 Å². The van der Waals surface area contributed by atoms with Gasteiger partial charge in [0.1, 0.15) is 29.5 Å². The monoisotopic (exact) mass is 617 g/mol. The van der Waals surface area contributed by atoms with Gasteiger partial charge >= 0.3 is 5.97 Å². The van der Waals surface area contributed by atoms with Crippen LogP contribution in [0.4, 0.5) is 0 Å². The maximum Gasteiger partial charge on any atom is 0.338 e. The first kappa shape index (κ1) is 31.0. The molecule has 1 saturated heterocycles. The van der Waals surface area contributed by atoms with Crippen LogP contribution in [0.3, 0.4) is 0 Å². The van der Waals surface area contributed by atoms with Gasteiger partial charge in [-0.05, 0) is 31.0 Å². The number of rotatable bonds is 9. The molecule has 11 heteroatoms. The van der Waals surface area contributed by atoms with E-state index in [2.05, 4.69) is 11.8 Å². The Labute approximate surface area is 258 Å². The van der Waals surface area contributed by atoms with Crippen LogP contribution in [0, 0.1) is 34.5 Å². The number of ether oxygens (including phenoxy) is 6. The number of benzene rings is 1. The molecule has 0 amide bonds. The first-order valence-electron chi connectivity index (χ1n) is 15.8. The van der Waals surface area contributed by atoms with Gasteiger partial charge in [0, 0.05) is 83.1 Å². The normalized spacial score (nSPS) is 51.8. The number of esters is 1. The number of aliphatic hydroxyl groups is 3. The minimum atomic E-state index is -1.71. The number of aliphatic hydroxyl groups excluding tert-OH is 2. The molecule has 1 aliphatic heterocycles. The second-order valence-electron chi connectivity index (χ2n) is 14.0. The van der Waals surface area contributed by atoms with Gasteiger partial charge in [-0.3, -0.25) is 4.90 Å². The molecule has 4 unspecified atom stereocenters. The van der Waals surface area contributed by atoms with Crippen LogP contribution in [0.25, 0.3) is 0 Å². The van der Waals surface area contributed by atoms with Crippen molar-refractivity contribution in [1.29, 1.82) is 0 Å². The average Bonchev–Trinajstić information content (AvgIpc) is 3.40. The average molecular weight is 618 g/mol. The summed E-state index contributed by atoms with van der Waals surface area (Å²) in [6, 6.07) is 8.55. The Morgan fingerprint density at radius 2 is 1.73 bits per heavy atom. The van der Waals surface area contributed by atoms with Crippen LogP contribution in [0.5, 0.6) is 0 Å². The standard InChI is InChI=1S/C33H47NO10/c1-7-34-15-30(16-39-2)19(35)13-20(40-3)32-18-14-31(38)27(44-29(37)17-11-9-8-10-12-17)21(18)33(43-6,26(36)28(31)42-5)22(25(32)34)23(41-4)24(30)32/h8-12,18-28,35-36,38H,7,13-16H2,1-6H3/t18-,19-,20?,21-,22?,23+,24-,25?,26+,27+,28+,30+,31+,32?,33-/m1/s1. The molecule has 7 rings (SSSR count). The lowest BCUT2D eigenvalue weighted by atomic mass is 9.42. The molecule has 3 N–H and O–H groups in total. The highest BCUT2D eigenvalue weighted by atomic mass is 16.6. The molecule has 15 atom stereocenters. The molecule has 5 saturated carbocycles. The number of fused-ring (bicyclic) bond motifs is 2. The van der Waals surface area contributed by atoms with Crippen LogP contribution in [0.2, 0.25) is 0 Å². The topological polar surface area (TPSA) is 136 Å². The van der Waals surface area contributed by atoms with Gasteiger partial charge < -0.3 is 43.7 Å². The Bertz CT molecular complexity index is 1270. The SMILES string of the molecule is CCN1C[C@]2(COC)[C@H](O)CC(OC)C34C1C([C@H](OC)[C@@H]32)[C@]1(OC)[C@@H]2[C@H]4C[C@](O)([C@H]2OC(=O)c2ccccc2)[C@@H](OC)[C@@H]1O. The quantitative estimate of drug-likeness (QED) is 0.339. The molecule has 0 radical (unpaired) electrons. The summed E-state index contributed by atoms with van der Waals surface area (Å²) in [5.74, 6) is -2.20. The van der Waals surface area contributed by atoms with Gasteiger partial charge in [0.15, 0.2) is 0 Å². The van der Waals surface area contributed by atoms with Gasteiger partial charge in [-0.1, -0.05) is 25.1 Å². The first-order chi connectivity index (χ1) is 21.1. The predicted octanol–water partition coefficient (Wildman–Crippen LogP) is 0.731. The molecule has 1 aromatic carbocycles. The Balaban J connectivity index is 1.50. The van der Waals surface area contributed by atoms with Crippen LogP contribution in [0.15, 0.2) is 30.3 Å². The van der Waals surface area contributed by atoms with Crippen molar-refractivity contribution in [1.82, 2.24) is 4.90 Å². The van der Waals surface area contributed by atoms with Crippen LogP contribution >= 0.6 is 0 Å². The fourth-order valence-corrected chi connectivity index (χ4v) is 12.3. The molecule has 1 spiro atoms. The largest absolute Gasteiger partial charge is 0.455 e. The Kier molecular flexibility index (Phi) is 7.33. The highest BCUT2D eigenvalue weighted by Crippen LogP contribution is 2.80. The zero-order chi connectivity index (χ0) is 31.4. The van der Waals surface area contributed by atoms with Crippen LogP contribution in [-0.4, -0.2) is 135 Å². The molecule has 6 aliphatic rings. The van der Waals surface area contributed by atoms with Crippen molar-refractivity contribution in [2.45, 2.75) is 73.6 Å². The number of carbonyl (C=O) groups is 1. The third kappa shape index (κ3) is 3.31. The van der Waals surface area contributed by atoms with Gasteiger partial charge in [0.05, 0.1) is 30.5 Å². The number of carbonyl (C=O) groups excluding carboxylic acids is 1. The molecule has 5 aliphatic carbocycles. The van der Waals surface area contributed by atoms with Gasteiger partial charge in [0.25, 0.3) is 0 Å². The van der Waals surface area contributed by atoms with Crippen molar-refractivity contribution in [3.05, 3.63) is 35.9 Å². The lowest BCUT2D eigenvalue weighted by Gasteiger charge is -2.70. The second kappa shape index (κ2) is 10.4. The van der Waals surface area contributed by atoms with E-state index in [0.717, 1.165) is 0 Å². The van der Waals surface area contributed by atoms with Crippen molar-refractivity contribution < 1.29 is 48.5 Å². The summed E-state index contributed by atoms with van der Waals surface area (Å²) >= 11 is 0. The molecule has 7 bridgehead atoms. The van der Waals surface area contributed by atoms with E-state index < -0.39 is 76.5 Å². The van der Waals surface area contributed by atoms with E-state index >= 15 is 0 Å². The van der Waals surface area contributed by atoms with E-state index in [1.807, 2.05) is 6.07 Å². The summed E-state index contributed by atoms with van der Waals surface area (Å²) in [4.78, 5) is 16.1. The maximum atomic E-state index is 13.7. The molecule has 1 aromatic rings. The lowest BCUT2D eigenvalue weighted by molar-refractivity contribution is -0.325. The molecular formula is C33H47NO10. The highest BCUT2D eigenvalue weighted by molar-refractivity contribution is 5.89. The summed E-state index contributed by atoms with van der Waals surface area (Å²) in [6.45, 7) is 3.68. The third-order valence-corrected chi connectivity index (χ3v) is 13.2. The van der Waals surface area contributed by atoms with Crippen molar-refractivity contribution in [3.63, 3.8) is 0 Å². The molecule has 244 valence electrons. The number of methoxy groups -OCH3 is 5. The Morgan fingerprint density at radius 3 is 2.32 bits per heavy atom. The smallest absolute Gasteiger partial charge is 0.338 e. The van der Waals surface area contributed by atoms with Gasteiger partial charge in [0.2, 0.25) is 0 Å². The van der Waals surface area contributed by atoms with E-state index in [1.54, 1.807) is 52.7 Å². The zero-order valence-electron chi connectivity index (χ0n) is 26.4. The third-order valence-electron chi connectivity index (χ3n) is 13.2. The van der Waals surface area contributed by atoms with E-state index in [9.17, 15) is 20.1 Å². The summed E-state index contributed by atoms with van der Waals surface area (Å²) in [7, 11) is 8.09. The molecule has 44 heavy (non-hydrogen) atoms. The summed E-state index contributed by atoms with van der Waals surface area (Å²) < 4.78 is 37.7. The minimum absolute atomic E-state index is 0.177. The van der Waals surface area contributed by atoms with E-state index in [-0.39, 0.29) is 24.3 Å². The molecule has 6 fully saturated rings. The molecular weight excluding hydrogens is 570 g/mol. The number of hydrogen-bond acceptors (Lipinski definition) is 11. The first-order valence-corrected chi connectivity index (χ1v) is 15.8. The molecule has 1 heterocycles. The van der Waals surface area contributed by atoms with Crippen LogP contribution in [0.1, 0.15) is 30.1 Å². The van der Waals surface area contributed by atoms with Crippen LogP contribution < -0.4 is 0 Å². The fraction of sp³-hybridized carbons (Fsp3) is 0.788. The number of likely N-dealkylation sites (tertiary alicyclic amines) is 1. The van der Waals surface area contributed by atoms with Crippen molar-refractivity contribution >= 4 is 5.97 Å². The number of piperidine rings is 1. The summed E-state index contributed by atoms with van der Waals surface area (Å²) in [6.07, 6.45) is -4.42.